The molecule has 2 fully saturated rings. The standard InChI is InChI=1S/C18H18O2/c1-3-7-13(8-4-1)18(14-9-5-2-6-10-14)16-11-15-17(20-15)12-19-16/h1-10,15-18H,11-12H2/t15-,16+,17+/m1/s1. The van der Waals surface area contributed by atoms with Crippen molar-refractivity contribution in [1.82, 2.24) is 0 Å². The molecule has 0 radical (unpaired) electrons. The number of benzene rings is 2. The van der Waals surface area contributed by atoms with Crippen molar-refractivity contribution in [3.63, 3.8) is 0 Å². The van der Waals surface area contributed by atoms with Crippen LogP contribution in [-0.4, -0.2) is 24.9 Å². The van der Waals surface area contributed by atoms with Crippen LogP contribution in [0.4, 0.5) is 0 Å². The van der Waals surface area contributed by atoms with Crippen molar-refractivity contribution in [1.29, 1.82) is 0 Å². The fourth-order valence-corrected chi connectivity index (χ4v) is 3.22. The van der Waals surface area contributed by atoms with E-state index in [4.69, 9.17) is 9.47 Å². The van der Waals surface area contributed by atoms with Crippen molar-refractivity contribution >= 4 is 0 Å². The van der Waals surface area contributed by atoms with E-state index in [1.54, 1.807) is 0 Å². The molecule has 2 heteroatoms. The molecule has 0 aliphatic carbocycles. The van der Waals surface area contributed by atoms with E-state index in [9.17, 15) is 0 Å². The highest BCUT2D eigenvalue weighted by atomic mass is 16.6. The molecule has 2 aliphatic rings. The van der Waals surface area contributed by atoms with Gasteiger partial charge in [-0.25, -0.2) is 0 Å². The Kier molecular flexibility index (Phi) is 3.06. The molecule has 0 N–H and O–H groups in total. The van der Waals surface area contributed by atoms with Crippen LogP contribution in [0.25, 0.3) is 0 Å². The van der Waals surface area contributed by atoms with E-state index in [2.05, 4.69) is 60.7 Å². The molecule has 2 aliphatic heterocycles. The summed E-state index contributed by atoms with van der Waals surface area (Å²) in [4.78, 5) is 0. The predicted molar refractivity (Wildman–Crippen MR) is 77.7 cm³/mol. The zero-order chi connectivity index (χ0) is 13.4. The summed E-state index contributed by atoms with van der Waals surface area (Å²) in [5, 5.41) is 0. The molecule has 20 heavy (non-hydrogen) atoms. The van der Waals surface area contributed by atoms with Gasteiger partial charge in [0.15, 0.2) is 0 Å². The van der Waals surface area contributed by atoms with Crippen molar-refractivity contribution in [2.75, 3.05) is 6.61 Å². The average molecular weight is 266 g/mol. The number of hydrogen-bond acceptors (Lipinski definition) is 2. The Labute approximate surface area is 119 Å². The van der Waals surface area contributed by atoms with Gasteiger partial charge in [-0.05, 0) is 11.1 Å². The molecule has 0 saturated carbocycles. The Hall–Kier alpha value is -1.64. The van der Waals surface area contributed by atoms with Gasteiger partial charge in [0.2, 0.25) is 0 Å². The SMILES string of the molecule is c1ccc(C(c2ccccc2)[C@@H]2C[C@H]3O[C@H]3CO2)cc1. The summed E-state index contributed by atoms with van der Waals surface area (Å²) in [5.41, 5.74) is 2.64. The van der Waals surface area contributed by atoms with Crippen LogP contribution < -0.4 is 0 Å². The smallest absolute Gasteiger partial charge is 0.108 e. The van der Waals surface area contributed by atoms with Crippen LogP contribution in [0, 0.1) is 0 Å². The summed E-state index contributed by atoms with van der Waals surface area (Å²) in [6, 6.07) is 21.3. The van der Waals surface area contributed by atoms with Gasteiger partial charge < -0.3 is 9.47 Å². The molecular formula is C18H18O2. The van der Waals surface area contributed by atoms with Gasteiger partial charge in [-0.3, -0.25) is 0 Å². The van der Waals surface area contributed by atoms with Crippen LogP contribution in [0.3, 0.4) is 0 Å². The number of epoxide rings is 1. The maximum absolute atomic E-state index is 6.08. The summed E-state index contributed by atoms with van der Waals surface area (Å²) >= 11 is 0. The lowest BCUT2D eigenvalue weighted by atomic mass is 9.83. The largest absolute Gasteiger partial charge is 0.374 e. The Morgan fingerprint density at radius 3 is 1.95 bits per heavy atom. The van der Waals surface area contributed by atoms with Crippen LogP contribution in [0.2, 0.25) is 0 Å². The number of fused-ring (bicyclic) bond motifs is 1. The second kappa shape index (κ2) is 5.04. The van der Waals surface area contributed by atoms with E-state index in [1.807, 2.05) is 0 Å². The minimum absolute atomic E-state index is 0.212. The summed E-state index contributed by atoms with van der Waals surface area (Å²) in [5.74, 6) is 0.294. The van der Waals surface area contributed by atoms with Gasteiger partial charge in [-0.15, -0.1) is 0 Å². The molecule has 0 amide bonds. The van der Waals surface area contributed by atoms with Gasteiger partial charge in [0, 0.05) is 12.3 Å². The van der Waals surface area contributed by atoms with Gasteiger partial charge in [0.25, 0.3) is 0 Å². The van der Waals surface area contributed by atoms with Crippen LogP contribution >= 0.6 is 0 Å². The molecule has 2 aromatic rings. The van der Waals surface area contributed by atoms with Crippen molar-refractivity contribution in [2.45, 2.75) is 30.7 Å². The molecule has 4 rings (SSSR count). The van der Waals surface area contributed by atoms with Crippen LogP contribution in [0.5, 0.6) is 0 Å². The van der Waals surface area contributed by atoms with E-state index in [1.165, 1.54) is 11.1 Å². The second-order valence-corrected chi connectivity index (χ2v) is 5.62. The highest BCUT2D eigenvalue weighted by Crippen LogP contribution is 2.40. The topological polar surface area (TPSA) is 21.8 Å². The first-order valence-electron chi connectivity index (χ1n) is 7.29. The maximum atomic E-state index is 6.08. The normalized spacial score (nSPS) is 28.1. The van der Waals surface area contributed by atoms with E-state index in [-0.39, 0.29) is 6.10 Å². The van der Waals surface area contributed by atoms with E-state index < -0.39 is 0 Å². The fraction of sp³-hybridized carbons (Fsp3) is 0.333. The summed E-state index contributed by atoms with van der Waals surface area (Å²) < 4.78 is 11.7. The monoisotopic (exact) mass is 266 g/mol. The Bertz CT molecular complexity index is 527. The number of rotatable bonds is 3. The molecule has 0 aromatic heterocycles. The second-order valence-electron chi connectivity index (χ2n) is 5.62. The van der Waals surface area contributed by atoms with Crippen molar-refractivity contribution in [3.8, 4) is 0 Å². The quantitative estimate of drug-likeness (QED) is 0.794. The number of ether oxygens (including phenoxy) is 2. The molecule has 102 valence electrons. The summed E-state index contributed by atoms with van der Waals surface area (Å²) in [6.45, 7) is 0.742. The fourth-order valence-electron chi connectivity index (χ4n) is 3.22. The first kappa shape index (κ1) is 12.1. The van der Waals surface area contributed by atoms with E-state index >= 15 is 0 Å². The molecular weight excluding hydrogens is 248 g/mol. The minimum atomic E-state index is 0.212. The third-order valence-corrected chi connectivity index (χ3v) is 4.32. The first-order valence-corrected chi connectivity index (χ1v) is 7.29. The average Bonchev–Trinajstić information content (AvgIpc) is 3.28. The lowest BCUT2D eigenvalue weighted by molar-refractivity contribution is 0.0197. The highest BCUT2D eigenvalue weighted by Gasteiger charge is 2.47. The van der Waals surface area contributed by atoms with E-state index in [0.717, 1.165) is 13.0 Å². The minimum Gasteiger partial charge on any atom is -0.374 e. The summed E-state index contributed by atoms with van der Waals surface area (Å²) in [7, 11) is 0. The molecule has 2 heterocycles. The third kappa shape index (κ3) is 2.26. The number of hydrogen-bond donors (Lipinski definition) is 0. The molecule has 0 spiro atoms. The molecule has 2 saturated heterocycles. The van der Waals surface area contributed by atoms with Crippen LogP contribution in [0.15, 0.2) is 60.7 Å². The van der Waals surface area contributed by atoms with Gasteiger partial charge >= 0.3 is 0 Å². The third-order valence-electron chi connectivity index (χ3n) is 4.32. The molecule has 2 nitrogen and oxygen atoms in total. The predicted octanol–water partition coefficient (Wildman–Crippen LogP) is 3.37. The Morgan fingerprint density at radius 1 is 0.800 bits per heavy atom. The maximum Gasteiger partial charge on any atom is 0.108 e. The van der Waals surface area contributed by atoms with Crippen molar-refractivity contribution < 1.29 is 9.47 Å². The van der Waals surface area contributed by atoms with Crippen molar-refractivity contribution in [2.24, 2.45) is 0 Å². The zero-order valence-electron chi connectivity index (χ0n) is 11.3. The zero-order valence-corrected chi connectivity index (χ0v) is 11.3. The highest BCUT2D eigenvalue weighted by molar-refractivity contribution is 5.34. The molecule has 3 atom stereocenters. The Morgan fingerprint density at radius 2 is 1.40 bits per heavy atom. The van der Waals surface area contributed by atoms with Gasteiger partial charge in [-0.2, -0.15) is 0 Å². The van der Waals surface area contributed by atoms with Crippen LogP contribution in [0.1, 0.15) is 23.5 Å². The van der Waals surface area contributed by atoms with Gasteiger partial charge in [0.1, 0.15) is 6.10 Å². The first-order chi connectivity index (χ1) is 9.92. The lowest BCUT2D eigenvalue weighted by Crippen LogP contribution is -2.31. The lowest BCUT2D eigenvalue weighted by Gasteiger charge is -2.29. The summed E-state index contributed by atoms with van der Waals surface area (Å²) in [6.07, 6.45) is 1.99. The Balaban J connectivity index is 1.69. The van der Waals surface area contributed by atoms with Gasteiger partial charge in [0.05, 0.1) is 18.8 Å². The van der Waals surface area contributed by atoms with Crippen LogP contribution in [-0.2, 0) is 9.47 Å². The molecule has 2 aromatic carbocycles. The van der Waals surface area contributed by atoms with Crippen molar-refractivity contribution in [3.05, 3.63) is 71.8 Å². The van der Waals surface area contributed by atoms with E-state index in [0.29, 0.717) is 18.1 Å². The van der Waals surface area contributed by atoms with Gasteiger partial charge in [-0.1, -0.05) is 60.7 Å². The molecule has 0 bridgehead atoms. The molecule has 0 unspecified atom stereocenters.